The monoisotopic (exact) mass is 123 g/mol. The molecule has 2 N–H and O–H groups in total. The van der Waals surface area contributed by atoms with Gasteiger partial charge in [-0.25, -0.2) is 0 Å². The Bertz CT molecular complexity index is 139. The van der Waals surface area contributed by atoms with Crippen molar-refractivity contribution in [1.82, 2.24) is 15.4 Å². The van der Waals surface area contributed by atoms with Gasteiger partial charge in [-0.05, 0) is 11.3 Å². The van der Waals surface area contributed by atoms with E-state index in [0.717, 1.165) is 0 Å². The highest BCUT2D eigenvalue weighted by Crippen LogP contribution is 1.61. The fraction of sp³-hybridized carbons (Fsp3) is 0. The van der Waals surface area contributed by atoms with Gasteiger partial charge in [0.15, 0.2) is 6.19 Å². The van der Waals surface area contributed by atoms with Crippen molar-refractivity contribution >= 4 is 0 Å². The van der Waals surface area contributed by atoms with Crippen molar-refractivity contribution in [2.45, 2.75) is 0 Å². The van der Waals surface area contributed by atoms with E-state index in [0.29, 0.717) is 0 Å². The number of hydrogen-bond acceptors (Lipinski definition) is 5. The van der Waals surface area contributed by atoms with Crippen molar-refractivity contribution in [2.24, 2.45) is 5.73 Å². The molecular formula is C4H5N5. The first-order valence-corrected chi connectivity index (χ1v) is 2.10. The second-order valence-corrected chi connectivity index (χ2v) is 0.940. The molecule has 1 aromatic heterocycles. The Balaban J connectivity index is 0.000000187. The highest BCUT2D eigenvalue weighted by Gasteiger charge is 1.60. The van der Waals surface area contributed by atoms with Gasteiger partial charge in [-0.15, -0.1) is 10.2 Å². The van der Waals surface area contributed by atoms with Crippen LogP contribution in [0.1, 0.15) is 0 Å². The van der Waals surface area contributed by atoms with Gasteiger partial charge in [0.05, 0.1) is 12.4 Å². The third-order valence-corrected chi connectivity index (χ3v) is 0.409. The van der Waals surface area contributed by atoms with Crippen molar-refractivity contribution < 1.29 is 0 Å². The Morgan fingerprint density at radius 2 is 1.78 bits per heavy atom. The smallest absolute Gasteiger partial charge is 0.173 e. The highest BCUT2D eigenvalue weighted by atomic mass is 15.3. The van der Waals surface area contributed by atoms with Gasteiger partial charge >= 0.3 is 0 Å². The molecule has 0 aromatic carbocycles. The zero-order chi connectivity index (χ0) is 6.95. The Morgan fingerprint density at radius 3 is 1.89 bits per heavy atom. The molecule has 0 aliphatic carbocycles. The van der Waals surface area contributed by atoms with Crippen LogP contribution in [-0.2, 0) is 0 Å². The second kappa shape index (κ2) is 6.30. The van der Waals surface area contributed by atoms with Gasteiger partial charge in [0.1, 0.15) is 0 Å². The molecule has 9 heavy (non-hydrogen) atoms. The first-order valence-electron chi connectivity index (χ1n) is 2.10. The largest absolute Gasteiger partial charge is 0.337 e. The van der Waals surface area contributed by atoms with Crippen LogP contribution >= 0.6 is 0 Å². The summed E-state index contributed by atoms with van der Waals surface area (Å²) < 4.78 is 0. The molecule has 0 aliphatic heterocycles. The molecule has 1 aromatic rings. The SMILES string of the molecule is N#CN.c1cnnnc1. The Kier molecular flexibility index (Phi) is 5.11. The zero-order valence-electron chi connectivity index (χ0n) is 4.60. The van der Waals surface area contributed by atoms with E-state index in [9.17, 15) is 0 Å². The molecule has 1 rings (SSSR count). The standard InChI is InChI=1S/C3H3N3.CH2N2/c1-2-4-6-5-3-1;2-1-3/h1-3H;2H2. The molecule has 5 heteroatoms. The van der Waals surface area contributed by atoms with Gasteiger partial charge in [0.25, 0.3) is 0 Å². The van der Waals surface area contributed by atoms with E-state index in [1.165, 1.54) is 6.19 Å². The van der Waals surface area contributed by atoms with Gasteiger partial charge < -0.3 is 5.73 Å². The number of nitriles is 1. The lowest BCUT2D eigenvalue weighted by Crippen LogP contribution is -1.78. The molecule has 0 spiro atoms. The maximum Gasteiger partial charge on any atom is 0.173 e. The lowest BCUT2D eigenvalue weighted by molar-refractivity contribution is 0.865. The molecule has 0 fully saturated rings. The number of hydrogen-bond donors (Lipinski definition) is 1. The molecule has 1 heterocycles. The van der Waals surface area contributed by atoms with Crippen molar-refractivity contribution in [3.05, 3.63) is 18.5 Å². The summed E-state index contributed by atoms with van der Waals surface area (Å²) in [6.45, 7) is 0. The van der Waals surface area contributed by atoms with Crippen molar-refractivity contribution in [2.75, 3.05) is 0 Å². The number of nitrogens with two attached hydrogens (primary N) is 1. The fourth-order valence-corrected chi connectivity index (χ4v) is 0.205. The molecule has 0 radical (unpaired) electrons. The van der Waals surface area contributed by atoms with Crippen LogP contribution < -0.4 is 5.73 Å². The molecule has 5 nitrogen and oxygen atoms in total. The molecule has 0 saturated carbocycles. The van der Waals surface area contributed by atoms with Crippen LogP contribution in [0.4, 0.5) is 0 Å². The molecule has 46 valence electrons. The average Bonchev–Trinajstić information content (AvgIpc) is 1.93. The van der Waals surface area contributed by atoms with E-state index in [1.807, 2.05) is 0 Å². The first-order chi connectivity index (χ1) is 4.41. The molecule has 0 saturated heterocycles. The normalized spacial score (nSPS) is 6.11. The summed E-state index contributed by atoms with van der Waals surface area (Å²) in [5, 5.41) is 17.2. The molecule has 0 aliphatic rings. The Hall–Kier alpha value is -1.70. The van der Waals surface area contributed by atoms with E-state index in [4.69, 9.17) is 5.26 Å². The number of nitrogens with zero attached hydrogens (tertiary/aromatic N) is 4. The van der Waals surface area contributed by atoms with Crippen LogP contribution in [0.3, 0.4) is 0 Å². The van der Waals surface area contributed by atoms with Crippen LogP contribution in [0, 0.1) is 11.5 Å². The first kappa shape index (κ1) is 7.30. The quantitative estimate of drug-likeness (QED) is 0.364. The summed E-state index contributed by atoms with van der Waals surface area (Å²) in [6.07, 6.45) is 4.40. The lowest BCUT2D eigenvalue weighted by atomic mass is 10.7. The maximum absolute atomic E-state index is 7.10. The molecule has 0 atom stereocenters. The second-order valence-electron chi connectivity index (χ2n) is 0.940. The number of aromatic nitrogens is 3. The van der Waals surface area contributed by atoms with Crippen LogP contribution in [0.15, 0.2) is 18.5 Å². The Labute approximate surface area is 52.1 Å². The van der Waals surface area contributed by atoms with E-state index >= 15 is 0 Å². The zero-order valence-corrected chi connectivity index (χ0v) is 4.60. The topological polar surface area (TPSA) is 88.5 Å². The van der Waals surface area contributed by atoms with E-state index in [2.05, 4.69) is 21.1 Å². The minimum atomic E-state index is 1.25. The third-order valence-electron chi connectivity index (χ3n) is 0.409. The van der Waals surface area contributed by atoms with Crippen molar-refractivity contribution in [3.8, 4) is 6.19 Å². The van der Waals surface area contributed by atoms with Crippen LogP contribution in [0.2, 0.25) is 0 Å². The van der Waals surface area contributed by atoms with Crippen LogP contribution in [-0.4, -0.2) is 15.4 Å². The van der Waals surface area contributed by atoms with Gasteiger partial charge in [-0.1, -0.05) is 0 Å². The van der Waals surface area contributed by atoms with Crippen LogP contribution in [0.25, 0.3) is 0 Å². The minimum absolute atomic E-state index is 1.25. The summed E-state index contributed by atoms with van der Waals surface area (Å²) in [4.78, 5) is 0. The van der Waals surface area contributed by atoms with E-state index in [1.54, 1.807) is 18.5 Å². The predicted octanol–water partition coefficient (Wildman–Crippen LogP) is -0.702. The summed E-state index contributed by atoms with van der Waals surface area (Å²) in [6, 6.07) is 1.72. The third kappa shape index (κ3) is 6.30. The predicted molar refractivity (Wildman–Crippen MR) is 29.6 cm³/mol. The fourth-order valence-electron chi connectivity index (χ4n) is 0.205. The molecule has 0 unspecified atom stereocenters. The van der Waals surface area contributed by atoms with Gasteiger partial charge in [-0.2, -0.15) is 5.26 Å². The van der Waals surface area contributed by atoms with E-state index in [-0.39, 0.29) is 0 Å². The average molecular weight is 123 g/mol. The van der Waals surface area contributed by atoms with Crippen molar-refractivity contribution in [1.29, 1.82) is 5.26 Å². The molecule has 0 amide bonds. The summed E-state index contributed by atoms with van der Waals surface area (Å²) in [7, 11) is 0. The maximum atomic E-state index is 7.10. The summed E-state index contributed by atoms with van der Waals surface area (Å²) >= 11 is 0. The summed E-state index contributed by atoms with van der Waals surface area (Å²) in [5.74, 6) is 0. The van der Waals surface area contributed by atoms with Gasteiger partial charge in [-0.3, -0.25) is 0 Å². The number of rotatable bonds is 0. The van der Waals surface area contributed by atoms with Gasteiger partial charge in [0, 0.05) is 0 Å². The lowest BCUT2D eigenvalue weighted by Gasteiger charge is -1.68. The Morgan fingerprint density at radius 1 is 1.33 bits per heavy atom. The molecular weight excluding hydrogens is 118 g/mol. The van der Waals surface area contributed by atoms with Crippen molar-refractivity contribution in [3.63, 3.8) is 0 Å². The minimum Gasteiger partial charge on any atom is -0.337 e. The summed E-state index contributed by atoms with van der Waals surface area (Å²) in [5.41, 5.74) is 4.15. The van der Waals surface area contributed by atoms with Gasteiger partial charge in [0.2, 0.25) is 0 Å². The van der Waals surface area contributed by atoms with Crippen LogP contribution in [0.5, 0.6) is 0 Å². The highest BCUT2D eigenvalue weighted by molar-refractivity contribution is 4.69. The van der Waals surface area contributed by atoms with E-state index < -0.39 is 0 Å². The molecule has 0 bridgehead atoms.